The third-order valence-electron chi connectivity index (χ3n) is 2.65. The fourth-order valence-electron chi connectivity index (χ4n) is 1.79. The maximum atomic E-state index is 5.23. The number of nitrogens with zero attached hydrogens (tertiary/aromatic N) is 1. The molecule has 0 saturated heterocycles. The Balaban J connectivity index is 2.38. The Hall–Kier alpha value is -1.94. The molecule has 0 fully saturated rings. The molecule has 0 radical (unpaired) electrons. The zero-order chi connectivity index (χ0) is 12.8. The molecular formula is C14H14N2OS. The van der Waals surface area contributed by atoms with Crippen LogP contribution in [0.5, 0.6) is 5.75 Å². The van der Waals surface area contributed by atoms with Crippen molar-refractivity contribution in [3.8, 4) is 5.75 Å². The van der Waals surface area contributed by atoms with Gasteiger partial charge in [0.15, 0.2) is 0 Å². The molecule has 1 N–H and O–H groups in total. The van der Waals surface area contributed by atoms with Crippen LogP contribution in [-0.4, -0.2) is 17.6 Å². The molecule has 1 heterocycles. The van der Waals surface area contributed by atoms with Crippen molar-refractivity contribution in [3.05, 3.63) is 59.9 Å². The van der Waals surface area contributed by atoms with Crippen molar-refractivity contribution >= 4 is 17.7 Å². The number of aromatic nitrogens is 1. The van der Waals surface area contributed by atoms with Crippen molar-refractivity contribution in [2.45, 2.75) is 6.04 Å². The van der Waals surface area contributed by atoms with E-state index in [-0.39, 0.29) is 6.04 Å². The lowest BCUT2D eigenvalue weighted by Crippen LogP contribution is -2.20. The van der Waals surface area contributed by atoms with E-state index in [0.717, 1.165) is 17.0 Å². The number of benzene rings is 1. The van der Waals surface area contributed by atoms with Crippen molar-refractivity contribution < 1.29 is 4.74 Å². The summed E-state index contributed by atoms with van der Waals surface area (Å²) in [7, 11) is 1.65. The highest BCUT2D eigenvalue weighted by molar-refractivity contribution is 7.78. The molecule has 0 aliphatic rings. The van der Waals surface area contributed by atoms with Gasteiger partial charge in [0.05, 0.1) is 24.3 Å². The van der Waals surface area contributed by atoms with E-state index >= 15 is 0 Å². The SMILES string of the molecule is COc1cccc(C(NC=S)c2ccccn2)c1. The van der Waals surface area contributed by atoms with Gasteiger partial charge in [-0.1, -0.05) is 30.4 Å². The first-order chi connectivity index (χ1) is 8.85. The van der Waals surface area contributed by atoms with Crippen LogP contribution in [-0.2, 0) is 0 Å². The van der Waals surface area contributed by atoms with Crippen molar-refractivity contribution in [1.82, 2.24) is 10.3 Å². The standard InChI is InChI=1S/C14H14N2OS/c1-17-12-6-4-5-11(9-12)14(16-10-18)13-7-2-3-8-15-13/h2-10,14H,1H3,(H,16,18). The smallest absolute Gasteiger partial charge is 0.119 e. The Kier molecular flexibility index (Phi) is 4.25. The predicted molar refractivity (Wildman–Crippen MR) is 75.9 cm³/mol. The van der Waals surface area contributed by atoms with Crippen LogP contribution in [0.2, 0.25) is 0 Å². The van der Waals surface area contributed by atoms with Gasteiger partial charge in [-0.15, -0.1) is 0 Å². The monoisotopic (exact) mass is 258 g/mol. The molecule has 2 aromatic rings. The van der Waals surface area contributed by atoms with E-state index in [9.17, 15) is 0 Å². The van der Waals surface area contributed by atoms with E-state index in [1.807, 2.05) is 42.5 Å². The lowest BCUT2D eigenvalue weighted by molar-refractivity contribution is 0.414. The summed E-state index contributed by atoms with van der Waals surface area (Å²) < 4.78 is 5.23. The molecule has 18 heavy (non-hydrogen) atoms. The summed E-state index contributed by atoms with van der Waals surface area (Å²) in [6.45, 7) is 0. The highest BCUT2D eigenvalue weighted by atomic mass is 32.1. The lowest BCUT2D eigenvalue weighted by Gasteiger charge is -2.17. The van der Waals surface area contributed by atoms with Crippen LogP contribution in [0.4, 0.5) is 0 Å². The zero-order valence-electron chi connectivity index (χ0n) is 10.0. The van der Waals surface area contributed by atoms with Crippen LogP contribution in [0.1, 0.15) is 17.3 Å². The van der Waals surface area contributed by atoms with Gasteiger partial charge in [0, 0.05) is 6.20 Å². The topological polar surface area (TPSA) is 34.1 Å². The molecular weight excluding hydrogens is 244 g/mol. The van der Waals surface area contributed by atoms with Crippen LogP contribution < -0.4 is 10.1 Å². The highest BCUT2D eigenvalue weighted by Crippen LogP contribution is 2.23. The van der Waals surface area contributed by atoms with E-state index in [1.54, 1.807) is 13.3 Å². The molecule has 0 spiro atoms. The molecule has 0 aliphatic heterocycles. The van der Waals surface area contributed by atoms with E-state index < -0.39 is 0 Å². The molecule has 2 rings (SSSR count). The Bertz CT molecular complexity index is 516. The molecule has 3 nitrogen and oxygen atoms in total. The number of ether oxygens (including phenoxy) is 1. The first-order valence-electron chi connectivity index (χ1n) is 5.59. The number of nitrogens with one attached hydrogen (secondary N) is 1. The molecule has 1 unspecified atom stereocenters. The molecule has 1 aromatic heterocycles. The second-order valence-electron chi connectivity index (χ2n) is 3.75. The normalized spacial score (nSPS) is 11.6. The largest absolute Gasteiger partial charge is 0.497 e. The van der Waals surface area contributed by atoms with Gasteiger partial charge < -0.3 is 10.1 Å². The molecule has 0 bridgehead atoms. The number of hydrogen-bond acceptors (Lipinski definition) is 3. The van der Waals surface area contributed by atoms with Gasteiger partial charge in [0.25, 0.3) is 0 Å². The van der Waals surface area contributed by atoms with E-state index in [2.05, 4.69) is 10.3 Å². The van der Waals surface area contributed by atoms with Gasteiger partial charge >= 0.3 is 0 Å². The summed E-state index contributed by atoms with van der Waals surface area (Å²) in [5.74, 6) is 0.819. The number of hydrogen-bond donors (Lipinski definition) is 1. The van der Waals surface area contributed by atoms with Crippen LogP contribution >= 0.6 is 12.2 Å². The summed E-state index contributed by atoms with van der Waals surface area (Å²) in [6, 6.07) is 13.6. The molecule has 1 atom stereocenters. The summed E-state index contributed by atoms with van der Waals surface area (Å²) in [4.78, 5) is 4.36. The molecule has 1 aromatic carbocycles. The maximum Gasteiger partial charge on any atom is 0.119 e. The second kappa shape index (κ2) is 6.12. The first-order valence-corrected chi connectivity index (χ1v) is 6.07. The van der Waals surface area contributed by atoms with Gasteiger partial charge in [-0.3, -0.25) is 4.98 Å². The number of rotatable bonds is 5. The molecule has 0 amide bonds. The van der Waals surface area contributed by atoms with Gasteiger partial charge in [-0.25, -0.2) is 0 Å². The van der Waals surface area contributed by atoms with Crippen LogP contribution in [0.3, 0.4) is 0 Å². The Morgan fingerprint density at radius 1 is 1.28 bits per heavy atom. The Labute approximate surface area is 112 Å². The fourth-order valence-corrected chi connectivity index (χ4v) is 1.92. The maximum absolute atomic E-state index is 5.23. The zero-order valence-corrected chi connectivity index (χ0v) is 10.9. The number of pyridine rings is 1. The fraction of sp³-hybridized carbons (Fsp3) is 0.143. The van der Waals surface area contributed by atoms with Crippen LogP contribution in [0.15, 0.2) is 48.7 Å². The quantitative estimate of drug-likeness (QED) is 0.836. The first kappa shape index (κ1) is 12.5. The van der Waals surface area contributed by atoms with Crippen molar-refractivity contribution in [3.63, 3.8) is 0 Å². The lowest BCUT2D eigenvalue weighted by atomic mass is 10.0. The average molecular weight is 258 g/mol. The molecule has 0 saturated carbocycles. The second-order valence-corrected chi connectivity index (χ2v) is 3.98. The minimum atomic E-state index is -0.0567. The minimum Gasteiger partial charge on any atom is -0.497 e. The number of thiocarbonyl (C=S) groups is 1. The van der Waals surface area contributed by atoms with Gasteiger partial charge in [-0.05, 0) is 29.8 Å². The Morgan fingerprint density at radius 3 is 2.83 bits per heavy atom. The van der Waals surface area contributed by atoms with Crippen molar-refractivity contribution in [2.75, 3.05) is 7.11 Å². The molecule has 92 valence electrons. The average Bonchev–Trinajstić information content (AvgIpc) is 2.46. The summed E-state index contributed by atoms with van der Waals surface area (Å²) in [5, 5.41) is 3.14. The van der Waals surface area contributed by atoms with Gasteiger partial charge in [0.1, 0.15) is 5.75 Å². The minimum absolute atomic E-state index is 0.0567. The summed E-state index contributed by atoms with van der Waals surface area (Å²) in [5.41, 5.74) is 3.50. The van der Waals surface area contributed by atoms with E-state index in [4.69, 9.17) is 17.0 Å². The Morgan fingerprint density at radius 2 is 2.17 bits per heavy atom. The predicted octanol–water partition coefficient (Wildman–Crippen LogP) is 2.73. The highest BCUT2D eigenvalue weighted by Gasteiger charge is 2.13. The summed E-state index contributed by atoms with van der Waals surface area (Å²) >= 11 is 4.89. The van der Waals surface area contributed by atoms with E-state index in [0.29, 0.717) is 0 Å². The van der Waals surface area contributed by atoms with E-state index in [1.165, 1.54) is 5.49 Å². The van der Waals surface area contributed by atoms with Crippen molar-refractivity contribution in [1.29, 1.82) is 0 Å². The molecule has 0 aliphatic carbocycles. The van der Waals surface area contributed by atoms with Gasteiger partial charge in [-0.2, -0.15) is 0 Å². The number of methoxy groups -OCH3 is 1. The molecule has 4 heteroatoms. The van der Waals surface area contributed by atoms with Gasteiger partial charge in [0.2, 0.25) is 0 Å². The van der Waals surface area contributed by atoms with Crippen molar-refractivity contribution in [2.24, 2.45) is 0 Å². The third-order valence-corrected chi connectivity index (χ3v) is 2.78. The summed E-state index contributed by atoms with van der Waals surface area (Å²) in [6.07, 6.45) is 1.77. The third kappa shape index (κ3) is 2.84. The van der Waals surface area contributed by atoms with Crippen LogP contribution in [0.25, 0.3) is 0 Å². The van der Waals surface area contributed by atoms with Crippen LogP contribution in [0, 0.1) is 0 Å².